The quantitative estimate of drug-likeness (QED) is 0.674. The van der Waals surface area contributed by atoms with E-state index in [0.717, 1.165) is 19.4 Å². The minimum Gasteiger partial charge on any atom is -0.480 e. The topological polar surface area (TPSA) is 40.5 Å². The van der Waals surface area contributed by atoms with Crippen LogP contribution in [-0.4, -0.2) is 34.1 Å². The molecule has 0 saturated carbocycles. The zero-order chi connectivity index (χ0) is 10.1. The van der Waals surface area contributed by atoms with Gasteiger partial charge in [0.25, 0.3) is 0 Å². The highest BCUT2D eigenvalue weighted by atomic mass is 16.4. The molecule has 1 rings (SSSR count). The van der Waals surface area contributed by atoms with Crippen LogP contribution in [0.1, 0.15) is 26.7 Å². The highest BCUT2D eigenvalue weighted by molar-refractivity contribution is 5.78. The van der Waals surface area contributed by atoms with E-state index in [0.29, 0.717) is 0 Å². The fraction of sp³-hybridized carbons (Fsp3) is 0.700. The molecule has 1 fully saturated rings. The maximum Gasteiger partial charge on any atom is 0.323 e. The van der Waals surface area contributed by atoms with E-state index in [1.165, 1.54) is 0 Å². The van der Waals surface area contributed by atoms with E-state index in [9.17, 15) is 4.79 Å². The molecular weight excluding hydrogens is 166 g/mol. The van der Waals surface area contributed by atoms with Gasteiger partial charge in [-0.05, 0) is 33.2 Å². The Labute approximate surface area is 79.0 Å². The molecule has 74 valence electrons. The van der Waals surface area contributed by atoms with Gasteiger partial charge in [-0.2, -0.15) is 0 Å². The second-order valence-corrected chi connectivity index (χ2v) is 3.85. The standard InChI is InChI=1S/C10H17NO2/c1-4-8(2)11-7-5-6-10(11,3)9(12)13/h4,8H,1,5-7H2,2-3H3,(H,12,13). The number of rotatable bonds is 3. The Morgan fingerprint density at radius 2 is 2.38 bits per heavy atom. The van der Waals surface area contributed by atoms with Gasteiger partial charge < -0.3 is 5.11 Å². The van der Waals surface area contributed by atoms with E-state index >= 15 is 0 Å². The normalized spacial score (nSPS) is 31.5. The van der Waals surface area contributed by atoms with E-state index in [2.05, 4.69) is 6.58 Å². The van der Waals surface area contributed by atoms with Gasteiger partial charge in [0.05, 0.1) is 0 Å². The SMILES string of the molecule is C=CC(C)N1CCCC1(C)C(=O)O. The van der Waals surface area contributed by atoms with Crippen LogP contribution in [0.15, 0.2) is 12.7 Å². The third-order valence-electron chi connectivity index (χ3n) is 2.99. The van der Waals surface area contributed by atoms with E-state index in [-0.39, 0.29) is 6.04 Å². The van der Waals surface area contributed by atoms with E-state index < -0.39 is 11.5 Å². The lowest BCUT2D eigenvalue weighted by Gasteiger charge is -2.34. The molecule has 0 aromatic rings. The minimum atomic E-state index is -0.723. The Balaban J connectivity index is 2.85. The molecule has 0 aromatic carbocycles. The van der Waals surface area contributed by atoms with Gasteiger partial charge in [-0.15, -0.1) is 6.58 Å². The zero-order valence-electron chi connectivity index (χ0n) is 8.29. The average Bonchev–Trinajstić information content (AvgIpc) is 2.47. The molecule has 0 bridgehead atoms. The summed E-state index contributed by atoms with van der Waals surface area (Å²) in [6, 6.07) is 0.142. The van der Waals surface area contributed by atoms with Crippen molar-refractivity contribution in [1.82, 2.24) is 4.90 Å². The summed E-state index contributed by atoms with van der Waals surface area (Å²) >= 11 is 0. The first-order valence-electron chi connectivity index (χ1n) is 4.65. The minimum absolute atomic E-state index is 0.142. The lowest BCUT2D eigenvalue weighted by atomic mass is 9.98. The second-order valence-electron chi connectivity index (χ2n) is 3.85. The summed E-state index contributed by atoms with van der Waals surface area (Å²) in [7, 11) is 0. The lowest BCUT2D eigenvalue weighted by molar-refractivity contribution is -0.149. The number of hydrogen-bond acceptors (Lipinski definition) is 2. The monoisotopic (exact) mass is 183 g/mol. The van der Waals surface area contributed by atoms with Crippen LogP contribution < -0.4 is 0 Å². The highest BCUT2D eigenvalue weighted by Crippen LogP contribution is 2.31. The molecule has 0 radical (unpaired) electrons. The summed E-state index contributed by atoms with van der Waals surface area (Å²) in [5.74, 6) is -0.723. The first kappa shape index (κ1) is 10.3. The Bertz CT molecular complexity index is 227. The molecule has 0 spiro atoms. The smallest absolute Gasteiger partial charge is 0.323 e. The van der Waals surface area contributed by atoms with E-state index in [4.69, 9.17) is 5.11 Å². The van der Waals surface area contributed by atoms with Crippen molar-refractivity contribution >= 4 is 5.97 Å². The van der Waals surface area contributed by atoms with Gasteiger partial charge in [-0.1, -0.05) is 6.08 Å². The maximum atomic E-state index is 11.1. The molecule has 0 aromatic heterocycles. The molecule has 1 N–H and O–H groups in total. The first-order valence-corrected chi connectivity index (χ1v) is 4.65. The van der Waals surface area contributed by atoms with Crippen molar-refractivity contribution in [3.63, 3.8) is 0 Å². The van der Waals surface area contributed by atoms with Crippen molar-refractivity contribution in [3.8, 4) is 0 Å². The van der Waals surface area contributed by atoms with Crippen LogP contribution in [0, 0.1) is 0 Å². The molecular formula is C10H17NO2. The zero-order valence-corrected chi connectivity index (χ0v) is 8.29. The first-order chi connectivity index (χ1) is 6.02. The summed E-state index contributed by atoms with van der Waals surface area (Å²) in [4.78, 5) is 13.1. The molecule has 0 aliphatic carbocycles. The van der Waals surface area contributed by atoms with Crippen LogP contribution in [0.3, 0.4) is 0 Å². The summed E-state index contributed by atoms with van der Waals surface area (Å²) in [5, 5.41) is 9.11. The van der Waals surface area contributed by atoms with Crippen LogP contribution in [0.25, 0.3) is 0 Å². The summed E-state index contributed by atoms with van der Waals surface area (Å²) in [6.07, 6.45) is 3.49. The Morgan fingerprint density at radius 1 is 1.77 bits per heavy atom. The second kappa shape index (κ2) is 3.50. The molecule has 1 aliphatic heterocycles. The molecule has 1 saturated heterocycles. The molecule has 3 nitrogen and oxygen atoms in total. The van der Waals surface area contributed by atoms with Gasteiger partial charge >= 0.3 is 5.97 Å². The third-order valence-corrected chi connectivity index (χ3v) is 2.99. The van der Waals surface area contributed by atoms with Crippen molar-refractivity contribution in [1.29, 1.82) is 0 Å². The van der Waals surface area contributed by atoms with Crippen molar-refractivity contribution < 1.29 is 9.90 Å². The molecule has 2 unspecified atom stereocenters. The van der Waals surface area contributed by atoms with Crippen molar-refractivity contribution in [3.05, 3.63) is 12.7 Å². The fourth-order valence-electron chi connectivity index (χ4n) is 1.99. The third kappa shape index (κ3) is 1.61. The van der Waals surface area contributed by atoms with Crippen LogP contribution in [0.2, 0.25) is 0 Å². The van der Waals surface area contributed by atoms with E-state index in [1.54, 1.807) is 13.0 Å². The van der Waals surface area contributed by atoms with Gasteiger partial charge in [-0.3, -0.25) is 9.69 Å². The number of carboxylic acids is 1. The molecule has 2 atom stereocenters. The van der Waals surface area contributed by atoms with Crippen molar-refractivity contribution in [2.45, 2.75) is 38.3 Å². The predicted octanol–water partition coefficient (Wildman–Crippen LogP) is 1.50. The Hall–Kier alpha value is -0.830. The van der Waals surface area contributed by atoms with Gasteiger partial charge in [0.1, 0.15) is 5.54 Å². The van der Waals surface area contributed by atoms with E-state index in [1.807, 2.05) is 11.8 Å². The average molecular weight is 183 g/mol. The van der Waals surface area contributed by atoms with Gasteiger partial charge in [0.15, 0.2) is 0 Å². The predicted molar refractivity (Wildman–Crippen MR) is 51.6 cm³/mol. The van der Waals surface area contributed by atoms with Gasteiger partial charge in [0.2, 0.25) is 0 Å². The number of nitrogens with zero attached hydrogens (tertiary/aromatic N) is 1. The van der Waals surface area contributed by atoms with Crippen molar-refractivity contribution in [2.24, 2.45) is 0 Å². The number of hydrogen-bond donors (Lipinski definition) is 1. The summed E-state index contributed by atoms with van der Waals surface area (Å²) < 4.78 is 0. The largest absolute Gasteiger partial charge is 0.480 e. The van der Waals surface area contributed by atoms with Crippen LogP contribution >= 0.6 is 0 Å². The highest BCUT2D eigenvalue weighted by Gasteiger charge is 2.44. The number of carboxylic acid groups (broad SMARTS) is 1. The van der Waals surface area contributed by atoms with Crippen LogP contribution in [0.4, 0.5) is 0 Å². The van der Waals surface area contributed by atoms with Crippen LogP contribution in [-0.2, 0) is 4.79 Å². The van der Waals surface area contributed by atoms with Gasteiger partial charge in [0, 0.05) is 6.04 Å². The number of aliphatic carboxylic acids is 1. The lowest BCUT2D eigenvalue weighted by Crippen LogP contribution is -2.51. The fourth-order valence-corrected chi connectivity index (χ4v) is 1.99. The molecule has 1 heterocycles. The van der Waals surface area contributed by atoms with Crippen LogP contribution in [0.5, 0.6) is 0 Å². The molecule has 1 aliphatic rings. The maximum absolute atomic E-state index is 11.1. The van der Waals surface area contributed by atoms with Crippen molar-refractivity contribution in [2.75, 3.05) is 6.54 Å². The Morgan fingerprint density at radius 3 is 2.85 bits per heavy atom. The molecule has 13 heavy (non-hydrogen) atoms. The van der Waals surface area contributed by atoms with Gasteiger partial charge in [-0.25, -0.2) is 0 Å². The summed E-state index contributed by atoms with van der Waals surface area (Å²) in [5.41, 5.74) is -0.687. The molecule has 3 heteroatoms. The number of likely N-dealkylation sites (tertiary alicyclic amines) is 1. The summed E-state index contributed by atoms with van der Waals surface area (Å²) in [6.45, 7) is 8.33. The molecule has 0 amide bonds. The Kier molecular flexibility index (Phi) is 2.76. The number of carbonyl (C=O) groups is 1.